The van der Waals surface area contributed by atoms with Crippen LogP contribution in [0.25, 0.3) is 0 Å². The van der Waals surface area contributed by atoms with E-state index in [-0.39, 0.29) is 24.1 Å². The van der Waals surface area contributed by atoms with Crippen LogP contribution in [0.5, 0.6) is 0 Å². The number of nitrogens with two attached hydrogens (primary N) is 1. The number of aliphatic imine (C=N–C) groups is 1. The van der Waals surface area contributed by atoms with Crippen molar-refractivity contribution in [1.29, 1.82) is 0 Å². The number of hydrogen-bond acceptors (Lipinski definition) is 4. The maximum absolute atomic E-state index is 14.6. The predicted octanol–water partition coefficient (Wildman–Crippen LogP) is 2.32. The highest BCUT2D eigenvalue weighted by Gasteiger charge is 2.29. The summed E-state index contributed by atoms with van der Waals surface area (Å²) in [4.78, 5) is 6.63. The predicted molar refractivity (Wildman–Crippen MR) is 105 cm³/mol. The first-order valence-electron chi connectivity index (χ1n) is 9.49. The lowest BCUT2D eigenvalue weighted by Crippen LogP contribution is -2.45. The summed E-state index contributed by atoms with van der Waals surface area (Å²) < 4.78 is 25.8. The van der Waals surface area contributed by atoms with E-state index in [2.05, 4.69) is 15.2 Å². The lowest BCUT2D eigenvalue weighted by molar-refractivity contribution is -0.0336. The summed E-state index contributed by atoms with van der Waals surface area (Å²) in [7, 11) is 0. The molecule has 0 radical (unpaired) electrons. The highest BCUT2D eigenvalue weighted by Crippen LogP contribution is 2.31. The average molecular weight is 399 g/mol. The molecule has 6 nitrogen and oxygen atoms in total. The molecule has 2 aliphatic rings. The summed E-state index contributed by atoms with van der Waals surface area (Å²) in [5.74, 6) is 0.0111. The Balaban J connectivity index is 1.72. The number of nitrogens with one attached hydrogen (secondary N) is 1. The molecule has 2 aliphatic heterocycles. The minimum absolute atomic E-state index is 0.0748. The van der Waals surface area contributed by atoms with Crippen LogP contribution in [0, 0.1) is 5.82 Å². The fourth-order valence-electron chi connectivity index (χ4n) is 3.61. The van der Waals surface area contributed by atoms with Gasteiger partial charge in [0.1, 0.15) is 5.82 Å². The number of ether oxygens (including phenoxy) is 2. The maximum atomic E-state index is 14.6. The van der Waals surface area contributed by atoms with Crippen LogP contribution in [0.1, 0.15) is 31.4 Å². The van der Waals surface area contributed by atoms with Crippen LogP contribution in [-0.4, -0.2) is 62.5 Å². The molecule has 2 fully saturated rings. The number of rotatable bonds is 6. The van der Waals surface area contributed by atoms with E-state index < -0.39 is 0 Å². The molecule has 2 saturated heterocycles. The minimum atomic E-state index is -0.326. The van der Waals surface area contributed by atoms with Gasteiger partial charge in [-0.2, -0.15) is 0 Å². The van der Waals surface area contributed by atoms with Gasteiger partial charge in [-0.15, -0.1) is 0 Å². The van der Waals surface area contributed by atoms with Crippen molar-refractivity contribution in [2.45, 2.75) is 38.0 Å². The Morgan fingerprint density at radius 2 is 2.30 bits per heavy atom. The average Bonchev–Trinajstić information content (AvgIpc) is 3.16. The quantitative estimate of drug-likeness (QED) is 0.568. The maximum Gasteiger partial charge on any atom is 0.188 e. The molecule has 0 saturated carbocycles. The van der Waals surface area contributed by atoms with Gasteiger partial charge in [-0.3, -0.25) is 9.89 Å². The Hall–Kier alpha value is -1.41. The molecule has 0 aliphatic carbocycles. The Labute approximate surface area is 164 Å². The van der Waals surface area contributed by atoms with Crippen LogP contribution in [-0.2, 0) is 9.47 Å². The topological polar surface area (TPSA) is 72.1 Å². The minimum Gasteiger partial charge on any atom is -0.376 e. The molecule has 2 heterocycles. The normalized spacial score (nSPS) is 25.5. The summed E-state index contributed by atoms with van der Waals surface area (Å²) in [5.41, 5.74) is 6.49. The third kappa shape index (κ3) is 5.54. The van der Waals surface area contributed by atoms with Crippen molar-refractivity contribution >= 4 is 17.6 Å². The fraction of sp³-hybridized carbons (Fsp3) is 0.632. The van der Waals surface area contributed by atoms with E-state index in [4.69, 9.17) is 26.8 Å². The second kappa shape index (κ2) is 9.68. The van der Waals surface area contributed by atoms with Crippen molar-refractivity contribution in [3.8, 4) is 0 Å². The van der Waals surface area contributed by atoms with Gasteiger partial charge in [0.25, 0.3) is 0 Å². The van der Waals surface area contributed by atoms with Gasteiger partial charge >= 0.3 is 0 Å². The molecule has 150 valence electrons. The third-order valence-corrected chi connectivity index (χ3v) is 5.35. The van der Waals surface area contributed by atoms with Crippen molar-refractivity contribution in [3.63, 3.8) is 0 Å². The number of halogens is 2. The summed E-state index contributed by atoms with van der Waals surface area (Å²) in [5, 5.41) is 3.51. The molecule has 0 aromatic heterocycles. The zero-order valence-electron chi connectivity index (χ0n) is 15.7. The molecule has 1 aromatic carbocycles. The van der Waals surface area contributed by atoms with Gasteiger partial charge in [0.15, 0.2) is 5.96 Å². The first-order chi connectivity index (χ1) is 13.0. The molecule has 0 spiro atoms. The van der Waals surface area contributed by atoms with Gasteiger partial charge in [0, 0.05) is 36.8 Å². The standard InChI is InChI=1S/C19H28ClFN4O2/c1-13-12-25(7-9-26-13)17(18-15(20)5-2-6-16(18)21)11-24-19(22)23-10-14-4-3-8-27-14/h2,5-6,13-14,17H,3-4,7-12H2,1H3,(H3,22,23,24). The number of benzene rings is 1. The third-order valence-electron chi connectivity index (χ3n) is 5.02. The number of morpholine rings is 1. The summed E-state index contributed by atoms with van der Waals surface area (Å²) >= 11 is 6.33. The zero-order chi connectivity index (χ0) is 19.2. The van der Waals surface area contributed by atoms with Gasteiger partial charge in [0.2, 0.25) is 0 Å². The van der Waals surface area contributed by atoms with E-state index in [1.54, 1.807) is 12.1 Å². The zero-order valence-corrected chi connectivity index (χ0v) is 16.4. The van der Waals surface area contributed by atoms with Gasteiger partial charge < -0.3 is 20.5 Å². The van der Waals surface area contributed by atoms with Crippen molar-refractivity contribution in [2.75, 3.05) is 39.4 Å². The number of guanidine groups is 1. The fourth-order valence-corrected chi connectivity index (χ4v) is 3.90. The van der Waals surface area contributed by atoms with Crippen molar-refractivity contribution in [1.82, 2.24) is 10.2 Å². The second-order valence-electron chi connectivity index (χ2n) is 7.07. The van der Waals surface area contributed by atoms with Crippen LogP contribution >= 0.6 is 11.6 Å². The molecule has 27 heavy (non-hydrogen) atoms. The lowest BCUT2D eigenvalue weighted by atomic mass is 10.0. The number of nitrogens with zero attached hydrogens (tertiary/aromatic N) is 2. The Kier molecular flexibility index (Phi) is 7.29. The second-order valence-corrected chi connectivity index (χ2v) is 7.48. The number of hydrogen-bond donors (Lipinski definition) is 2. The molecule has 0 amide bonds. The SMILES string of the molecule is CC1CN(C(CN=C(N)NCC2CCCO2)c2c(F)cccc2Cl)CCO1. The van der Waals surface area contributed by atoms with E-state index in [1.165, 1.54) is 6.07 Å². The molecule has 3 unspecified atom stereocenters. The lowest BCUT2D eigenvalue weighted by Gasteiger charge is -2.37. The van der Waals surface area contributed by atoms with Gasteiger partial charge in [-0.25, -0.2) is 4.39 Å². The van der Waals surface area contributed by atoms with Crippen LogP contribution < -0.4 is 11.1 Å². The van der Waals surface area contributed by atoms with Gasteiger partial charge in [-0.1, -0.05) is 17.7 Å². The highest BCUT2D eigenvalue weighted by atomic mass is 35.5. The smallest absolute Gasteiger partial charge is 0.188 e. The van der Waals surface area contributed by atoms with E-state index >= 15 is 0 Å². The largest absolute Gasteiger partial charge is 0.376 e. The van der Waals surface area contributed by atoms with Crippen molar-refractivity contribution < 1.29 is 13.9 Å². The summed E-state index contributed by atoms with van der Waals surface area (Å²) in [6.45, 7) is 5.74. The highest BCUT2D eigenvalue weighted by molar-refractivity contribution is 6.31. The molecular formula is C19H28ClFN4O2. The van der Waals surface area contributed by atoms with E-state index in [9.17, 15) is 4.39 Å². The van der Waals surface area contributed by atoms with E-state index in [0.29, 0.717) is 49.3 Å². The van der Waals surface area contributed by atoms with E-state index in [1.807, 2.05) is 6.92 Å². The summed E-state index contributed by atoms with van der Waals surface area (Å²) in [6, 6.07) is 4.45. The summed E-state index contributed by atoms with van der Waals surface area (Å²) in [6.07, 6.45) is 2.35. The Morgan fingerprint density at radius 1 is 1.44 bits per heavy atom. The molecule has 3 atom stereocenters. The van der Waals surface area contributed by atoms with Gasteiger partial charge in [0.05, 0.1) is 31.4 Å². The van der Waals surface area contributed by atoms with Crippen LogP contribution in [0.2, 0.25) is 5.02 Å². The first kappa shape index (κ1) is 20.3. The molecule has 8 heteroatoms. The molecule has 3 rings (SSSR count). The Bertz CT molecular complexity index is 634. The molecule has 0 bridgehead atoms. The molecule has 1 aromatic rings. The van der Waals surface area contributed by atoms with Gasteiger partial charge in [-0.05, 0) is 31.9 Å². The van der Waals surface area contributed by atoms with E-state index in [0.717, 1.165) is 19.4 Å². The monoisotopic (exact) mass is 398 g/mol. The molecule has 3 N–H and O–H groups in total. The van der Waals surface area contributed by atoms with Crippen molar-refractivity contribution in [2.24, 2.45) is 10.7 Å². The van der Waals surface area contributed by atoms with Crippen molar-refractivity contribution in [3.05, 3.63) is 34.6 Å². The first-order valence-corrected chi connectivity index (χ1v) is 9.87. The van der Waals surface area contributed by atoms with Crippen LogP contribution in [0.3, 0.4) is 0 Å². The van der Waals surface area contributed by atoms with Crippen LogP contribution in [0.15, 0.2) is 23.2 Å². The van der Waals surface area contributed by atoms with Crippen LogP contribution in [0.4, 0.5) is 4.39 Å². The Morgan fingerprint density at radius 3 is 3.00 bits per heavy atom. The molecular weight excluding hydrogens is 371 g/mol.